The van der Waals surface area contributed by atoms with Crippen LogP contribution >= 0.6 is 11.3 Å². The first-order valence-electron chi connectivity index (χ1n) is 5.56. The molecule has 1 heterocycles. The maximum atomic E-state index is 5.79. The summed E-state index contributed by atoms with van der Waals surface area (Å²) in [5.74, 6) is 0.843. The third-order valence-corrected chi connectivity index (χ3v) is 3.47. The lowest BCUT2D eigenvalue weighted by molar-refractivity contribution is 0.307. The first-order chi connectivity index (χ1) is 8.33. The standard InChI is InChI=1S/C14H15NOS/c1-3-12-9-15-14(17-12)13(4-2)16-10-11-7-5-6-8-11/h3-7,9H,1,8,10H2,2H3. The maximum Gasteiger partial charge on any atom is 0.158 e. The van der Waals surface area contributed by atoms with Crippen molar-refractivity contribution in [3.8, 4) is 0 Å². The Morgan fingerprint density at radius 3 is 3.12 bits per heavy atom. The Hall–Kier alpha value is -1.61. The number of allylic oxidation sites excluding steroid dienone is 4. The van der Waals surface area contributed by atoms with E-state index in [-0.39, 0.29) is 0 Å². The lowest BCUT2D eigenvalue weighted by atomic mass is 10.2. The molecule has 0 aromatic carbocycles. The normalized spacial score (nSPS) is 14.9. The molecule has 1 aliphatic rings. The molecule has 2 rings (SSSR count). The smallest absolute Gasteiger partial charge is 0.158 e. The lowest BCUT2D eigenvalue weighted by Crippen LogP contribution is -1.96. The van der Waals surface area contributed by atoms with Gasteiger partial charge in [0.05, 0.1) is 0 Å². The summed E-state index contributed by atoms with van der Waals surface area (Å²) >= 11 is 1.59. The van der Waals surface area contributed by atoms with E-state index >= 15 is 0 Å². The second kappa shape index (κ2) is 5.64. The molecule has 0 N–H and O–H groups in total. The van der Waals surface area contributed by atoms with Crippen LogP contribution in [0.2, 0.25) is 0 Å². The molecule has 0 spiro atoms. The summed E-state index contributed by atoms with van der Waals surface area (Å²) in [6, 6.07) is 0. The predicted molar refractivity (Wildman–Crippen MR) is 73.6 cm³/mol. The average molecular weight is 245 g/mol. The van der Waals surface area contributed by atoms with Crippen LogP contribution in [0.1, 0.15) is 23.2 Å². The van der Waals surface area contributed by atoms with Crippen LogP contribution < -0.4 is 0 Å². The van der Waals surface area contributed by atoms with E-state index in [1.165, 1.54) is 5.57 Å². The highest BCUT2D eigenvalue weighted by molar-refractivity contribution is 7.13. The van der Waals surface area contributed by atoms with E-state index in [9.17, 15) is 0 Å². The van der Waals surface area contributed by atoms with Gasteiger partial charge in [0.2, 0.25) is 0 Å². The van der Waals surface area contributed by atoms with Gasteiger partial charge in [-0.15, -0.1) is 11.3 Å². The minimum Gasteiger partial charge on any atom is -0.486 e. The van der Waals surface area contributed by atoms with Crippen molar-refractivity contribution in [2.75, 3.05) is 6.61 Å². The quantitative estimate of drug-likeness (QED) is 0.730. The van der Waals surface area contributed by atoms with Crippen LogP contribution in [0.4, 0.5) is 0 Å². The monoisotopic (exact) mass is 245 g/mol. The second-order valence-corrected chi connectivity index (χ2v) is 4.73. The SMILES string of the molecule is C=Cc1cnc(C(=CC)OCC2=CC=CC2)s1. The Balaban J connectivity index is 1.99. The second-order valence-electron chi connectivity index (χ2n) is 3.67. The molecule has 0 radical (unpaired) electrons. The molecule has 2 nitrogen and oxygen atoms in total. The minimum atomic E-state index is 0.635. The molecule has 17 heavy (non-hydrogen) atoms. The molecule has 0 saturated heterocycles. The van der Waals surface area contributed by atoms with Crippen molar-refractivity contribution in [1.82, 2.24) is 4.98 Å². The summed E-state index contributed by atoms with van der Waals surface area (Å²) in [4.78, 5) is 5.38. The first-order valence-corrected chi connectivity index (χ1v) is 6.37. The molecular weight excluding hydrogens is 230 g/mol. The fourth-order valence-corrected chi connectivity index (χ4v) is 2.33. The van der Waals surface area contributed by atoms with Crippen LogP contribution in [0.3, 0.4) is 0 Å². The van der Waals surface area contributed by atoms with E-state index in [0.29, 0.717) is 6.61 Å². The molecule has 88 valence electrons. The van der Waals surface area contributed by atoms with Gasteiger partial charge in [-0.1, -0.05) is 30.9 Å². The summed E-state index contributed by atoms with van der Waals surface area (Å²) in [7, 11) is 0. The summed E-state index contributed by atoms with van der Waals surface area (Å²) < 4.78 is 5.79. The molecule has 3 heteroatoms. The lowest BCUT2D eigenvalue weighted by Gasteiger charge is -2.08. The van der Waals surface area contributed by atoms with Gasteiger partial charge >= 0.3 is 0 Å². The van der Waals surface area contributed by atoms with Gasteiger partial charge in [0.1, 0.15) is 6.61 Å². The van der Waals surface area contributed by atoms with Gasteiger partial charge in [0, 0.05) is 11.1 Å². The number of nitrogens with zero attached hydrogens (tertiary/aromatic N) is 1. The van der Waals surface area contributed by atoms with Crippen LogP contribution in [0.25, 0.3) is 11.8 Å². The third-order valence-electron chi connectivity index (χ3n) is 2.46. The first kappa shape index (κ1) is 11.9. The minimum absolute atomic E-state index is 0.635. The summed E-state index contributed by atoms with van der Waals surface area (Å²) in [5, 5.41) is 0.911. The Labute approximate surface area is 106 Å². The highest BCUT2D eigenvalue weighted by Gasteiger charge is 2.08. The van der Waals surface area contributed by atoms with Crippen molar-refractivity contribution < 1.29 is 4.74 Å². The number of rotatable bonds is 5. The van der Waals surface area contributed by atoms with E-state index in [4.69, 9.17) is 4.74 Å². The molecule has 0 saturated carbocycles. The Morgan fingerprint density at radius 2 is 2.53 bits per heavy atom. The fourth-order valence-electron chi connectivity index (χ4n) is 1.53. The molecule has 0 aliphatic heterocycles. The highest BCUT2D eigenvalue weighted by Crippen LogP contribution is 2.24. The van der Waals surface area contributed by atoms with E-state index in [0.717, 1.165) is 22.1 Å². The Morgan fingerprint density at radius 1 is 1.65 bits per heavy atom. The zero-order valence-electron chi connectivity index (χ0n) is 9.85. The number of thiazole rings is 1. The fraction of sp³-hybridized carbons (Fsp3) is 0.214. The van der Waals surface area contributed by atoms with E-state index in [1.807, 2.05) is 19.2 Å². The predicted octanol–water partition coefficient (Wildman–Crippen LogP) is 4.05. The van der Waals surface area contributed by atoms with Crippen LogP contribution in [0, 0.1) is 0 Å². The van der Waals surface area contributed by atoms with Crippen molar-refractivity contribution >= 4 is 23.2 Å². The Bertz CT molecular complexity index is 494. The van der Waals surface area contributed by atoms with E-state index in [1.54, 1.807) is 17.4 Å². The highest BCUT2D eigenvalue weighted by atomic mass is 32.1. The molecule has 0 unspecified atom stereocenters. The van der Waals surface area contributed by atoms with Gasteiger partial charge in [-0.25, -0.2) is 4.98 Å². The molecule has 0 amide bonds. The zero-order valence-corrected chi connectivity index (χ0v) is 10.7. The van der Waals surface area contributed by atoms with Gasteiger partial charge in [-0.2, -0.15) is 0 Å². The van der Waals surface area contributed by atoms with Crippen LogP contribution in [0.5, 0.6) is 0 Å². The van der Waals surface area contributed by atoms with E-state index < -0.39 is 0 Å². The summed E-state index contributed by atoms with van der Waals surface area (Å²) in [6.45, 7) is 6.33. The summed E-state index contributed by atoms with van der Waals surface area (Å²) in [5.41, 5.74) is 1.30. The number of hydrogen-bond acceptors (Lipinski definition) is 3. The van der Waals surface area contributed by atoms with Crippen molar-refractivity contribution in [3.63, 3.8) is 0 Å². The maximum absolute atomic E-state index is 5.79. The van der Waals surface area contributed by atoms with Crippen molar-refractivity contribution in [2.24, 2.45) is 0 Å². The molecule has 0 atom stereocenters. The molecule has 1 aromatic rings. The molecule has 0 bridgehead atoms. The van der Waals surface area contributed by atoms with Crippen LogP contribution in [-0.2, 0) is 4.74 Å². The van der Waals surface area contributed by atoms with Gasteiger partial charge in [-0.3, -0.25) is 0 Å². The number of hydrogen-bond donors (Lipinski definition) is 0. The van der Waals surface area contributed by atoms with Crippen LogP contribution in [0.15, 0.2) is 42.7 Å². The van der Waals surface area contributed by atoms with E-state index in [2.05, 4.69) is 29.8 Å². The Kier molecular flexibility index (Phi) is 3.94. The largest absolute Gasteiger partial charge is 0.486 e. The molecule has 0 fully saturated rings. The number of aromatic nitrogens is 1. The summed E-state index contributed by atoms with van der Waals surface area (Å²) in [6.07, 6.45) is 12.9. The van der Waals surface area contributed by atoms with Gasteiger partial charge < -0.3 is 4.74 Å². The van der Waals surface area contributed by atoms with Gasteiger partial charge in [0.25, 0.3) is 0 Å². The van der Waals surface area contributed by atoms with Crippen molar-refractivity contribution in [1.29, 1.82) is 0 Å². The molecule has 1 aliphatic carbocycles. The molecule has 1 aromatic heterocycles. The topological polar surface area (TPSA) is 22.1 Å². The van der Waals surface area contributed by atoms with Gasteiger partial charge in [-0.05, 0) is 25.0 Å². The van der Waals surface area contributed by atoms with Gasteiger partial charge in [0.15, 0.2) is 10.8 Å². The molecular formula is C14H15NOS. The third kappa shape index (κ3) is 2.94. The van der Waals surface area contributed by atoms with Crippen LogP contribution in [-0.4, -0.2) is 11.6 Å². The zero-order chi connectivity index (χ0) is 12.1. The number of ether oxygens (including phenoxy) is 1. The average Bonchev–Trinajstić information content (AvgIpc) is 3.00. The van der Waals surface area contributed by atoms with Crippen molar-refractivity contribution in [3.05, 3.63) is 52.5 Å². The van der Waals surface area contributed by atoms with Crippen molar-refractivity contribution in [2.45, 2.75) is 13.3 Å².